The van der Waals surface area contributed by atoms with Crippen LogP contribution in [-0.2, 0) is 0 Å². The van der Waals surface area contributed by atoms with E-state index in [1.54, 1.807) is 0 Å². The van der Waals surface area contributed by atoms with Crippen molar-refractivity contribution in [1.29, 1.82) is 0 Å². The molecule has 2 aliphatic rings. The fourth-order valence-electron chi connectivity index (χ4n) is 2.95. The summed E-state index contributed by atoms with van der Waals surface area (Å²) in [5, 5.41) is 3.67. The summed E-state index contributed by atoms with van der Waals surface area (Å²) in [7, 11) is 0. The third kappa shape index (κ3) is 3.78. The van der Waals surface area contributed by atoms with Crippen LogP contribution in [0.15, 0.2) is 0 Å². The Morgan fingerprint density at radius 1 is 0.857 bits per heavy atom. The van der Waals surface area contributed by atoms with Gasteiger partial charge in [0, 0.05) is 6.04 Å². The lowest BCUT2D eigenvalue weighted by Crippen LogP contribution is -2.35. The Balaban J connectivity index is 0.000000980. The summed E-state index contributed by atoms with van der Waals surface area (Å²) in [5.41, 5.74) is 0. The summed E-state index contributed by atoms with van der Waals surface area (Å²) in [6.45, 7) is 1.28. The van der Waals surface area contributed by atoms with Crippen LogP contribution in [-0.4, -0.2) is 12.6 Å². The molecule has 1 N–H and O–H groups in total. The van der Waals surface area contributed by atoms with E-state index in [4.69, 9.17) is 0 Å². The Morgan fingerprint density at radius 3 is 2.21 bits per heavy atom. The molecule has 0 bridgehead atoms. The first-order valence-corrected chi connectivity index (χ1v) is 6.18. The molecule has 2 heteroatoms. The van der Waals surface area contributed by atoms with Crippen LogP contribution in [0.25, 0.3) is 0 Å². The zero-order chi connectivity index (χ0) is 8.93. The smallest absolute Gasteiger partial charge is 0.00697 e. The Morgan fingerprint density at radius 2 is 1.57 bits per heavy atom. The number of hydrogen-bond donors (Lipinski definition) is 1. The van der Waals surface area contributed by atoms with Gasteiger partial charge in [-0.15, -0.1) is 12.4 Å². The Kier molecular flexibility index (Phi) is 5.88. The minimum Gasteiger partial charge on any atom is -0.314 e. The van der Waals surface area contributed by atoms with Gasteiger partial charge in [-0.25, -0.2) is 0 Å². The number of piperidine rings is 1. The summed E-state index contributed by atoms with van der Waals surface area (Å²) in [4.78, 5) is 0. The second kappa shape index (κ2) is 6.68. The van der Waals surface area contributed by atoms with Gasteiger partial charge in [-0.05, 0) is 31.7 Å². The highest BCUT2D eigenvalue weighted by atomic mass is 35.5. The van der Waals surface area contributed by atoms with Crippen LogP contribution in [0.5, 0.6) is 0 Å². The second-order valence-electron chi connectivity index (χ2n) is 4.89. The first kappa shape index (κ1) is 12.3. The van der Waals surface area contributed by atoms with Crippen LogP contribution in [0.4, 0.5) is 0 Å². The molecule has 2 rings (SSSR count). The van der Waals surface area contributed by atoms with Crippen LogP contribution in [0.3, 0.4) is 0 Å². The zero-order valence-electron chi connectivity index (χ0n) is 9.13. The van der Waals surface area contributed by atoms with Crippen molar-refractivity contribution in [3.8, 4) is 0 Å². The highest BCUT2D eigenvalue weighted by Gasteiger charge is 2.19. The maximum absolute atomic E-state index is 3.67. The molecule has 1 saturated heterocycles. The fraction of sp³-hybridized carbons (Fsp3) is 1.00. The molecule has 0 amide bonds. The van der Waals surface area contributed by atoms with Gasteiger partial charge in [0.2, 0.25) is 0 Å². The van der Waals surface area contributed by atoms with Crippen molar-refractivity contribution in [3.05, 3.63) is 0 Å². The van der Waals surface area contributed by atoms with E-state index in [9.17, 15) is 0 Å². The topological polar surface area (TPSA) is 12.0 Å². The van der Waals surface area contributed by atoms with Crippen LogP contribution in [0, 0.1) is 5.92 Å². The van der Waals surface area contributed by atoms with E-state index in [1.165, 1.54) is 64.3 Å². The standard InChI is InChI=1S/C12H23N.ClH/c1-2-6-11(7-3-1)10-12-8-4-5-9-13-12;/h11-13H,1-10H2;1H. The lowest BCUT2D eigenvalue weighted by Gasteiger charge is -2.29. The van der Waals surface area contributed by atoms with Gasteiger partial charge in [0.25, 0.3) is 0 Å². The van der Waals surface area contributed by atoms with Gasteiger partial charge in [-0.2, -0.15) is 0 Å². The highest BCUT2D eigenvalue weighted by molar-refractivity contribution is 5.85. The van der Waals surface area contributed by atoms with E-state index in [1.807, 2.05) is 0 Å². The molecular formula is C12H24ClN. The maximum Gasteiger partial charge on any atom is 0.00697 e. The first-order chi connectivity index (χ1) is 6.45. The predicted molar refractivity (Wildman–Crippen MR) is 64.1 cm³/mol. The van der Waals surface area contributed by atoms with Gasteiger partial charge in [-0.3, -0.25) is 0 Å². The SMILES string of the molecule is C1CCC(CC2CCCCN2)CC1.Cl. The molecule has 1 saturated carbocycles. The fourth-order valence-corrected chi connectivity index (χ4v) is 2.95. The molecule has 0 aromatic rings. The van der Waals surface area contributed by atoms with E-state index in [-0.39, 0.29) is 12.4 Å². The minimum atomic E-state index is 0. The van der Waals surface area contributed by atoms with E-state index in [2.05, 4.69) is 5.32 Å². The minimum absolute atomic E-state index is 0. The van der Waals surface area contributed by atoms with Crippen LogP contribution < -0.4 is 5.32 Å². The molecule has 1 heterocycles. The molecule has 14 heavy (non-hydrogen) atoms. The molecule has 0 radical (unpaired) electrons. The molecule has 1 nitrogen and oxygen atoms in total. The summed E-state index contributed by atoms with van der Waals surface area (Å²) in [6.07, 6.45) is 13.3. The number of halogens is 1. The van der Waals surface area contributed by atoms with Crippen molar-refractivity contribution in [3.63, 3.8) is 0 Å². The molecule has 84 valence electrons. The van der Waals surface area contributed by atoms with Gasteiger partial charge in [-0.1, -0.05) is 38.5 Å². The van der Waals surface area contributed by atoms with E-state index >= 15 is 0 Å². The molecule has 1 aliphatic heterocycles. The van der Waals surface area contributed by atoms with Gasteiger partial charge < -0.3 is 5.32 Å². The summed E-state index contributed by atoms with van der Waals surface area (Å²) in [6, 6.07) is 0.872. The predicted octanol–water partition coefficient (Wildman–Crippen LogP) is 3.52. The largest absolute Gasteiger partial charge is 0.314 e. The number of rotatable bonds is 2. The van der Waals surface area contributed by atoms with Crippen molar-refractivity contribution >= 4 is 12.4 Å². The van der Waals surface area contributed by atoms with E-state index < -0.39 is 0 Å². The van der Waals surface area contributed by atoms with E-state index in [0.717, 1.165) is 12.0 Å². The van der Waals surface area contributed by atoms with Crippen molar-refractivity contribution in [2.75, 3.05) is 6.54 Å². The van der Waals surface area contributed by atoms with Crippen molar-refractivity contribution in [1.82, 2.24) is 5.32 Å². The van der Waals surface area contributed by atoms with E-state index in [0.29, 0.717) is 0 Å². The molecule has 2 fully saturated rings. The summed E-state index contributed by atoms with van der Waals surface area (Å²) >= 11 is 0. The molecule has 0 aromatic heterocycles. The third-order valence-corrected chi connectivity index (χ3v) is 3.75. The van der Waals surface area contributed by atoms with Crippen molar-refractivity contribution in [2.24, 2.45) is 5.92 Å². The normalized spacial score (nSPS) is 29.6. The summed E-state index contributed by atoms with van der Waals surface area (Å²) in [5.74, 6) is 1.06. The lowest BCUT2D eigenvalue weighted by atomic mass is 9.83. The van der Waals surface area contributed by atoms with Gasteiger partial charge in [0.05, 0.1) is 0 Å². The molecular weight excluding hydrogens is 194 g/mol. The molecule has 1 unspecified atom stereocenters. The molecule has 1 aliphatic carbocycles. The summed E-state index contributed by atoms with van der Waals surface area (Å²) < 4.78 is 0. The Labute approximate surface area is 94.4 Å². The van der Waals surface area contributed by atoms with Crippen LogP contribution in [0.1, 0.15) is 57.8 Å². The third-order valence-electron chi connectivity index (χ3n) is 3.75. The monoisotopic (exact) mass is 217 g/mol. The van der Waals surface area contributed by atoms with Crippen molar-refractivity contribution in [2.45, 2.75) is 63.8 Å². The van der Waals surface area contributed by atoms with Crippen molar-refractivity contribution < 1.29 is 0 Å². The molecule has 1 atom stereocenters. The Bertz CT molecular complexity index is 121. The maximum atomic E-state index is 3.67. The number of nitrogens with one attached hydrogen (secondary N) is 1. The second-order valence-corrected chi connectivity index (χ2v) is 4.89. The lowest BCUT2D eigenvalue weighted by molar-refractivity contribution is 0.273. The van der Waals surface area contributed by atoms with Gasteiger partial charge in [0.15, 0.2) is 0 Å². The first-order valence-electron chi connectivity index (χ1n) is 6.18. The zero-order valence-corrected chi connectivity index (χ0v) is 9.95. The average Bonchev–Trinajstić information content (AvgIpc) is 2.21. The molecule has 0 spiro atoms. The van der Waals surface area contributed by atoms with Crippen LogP contribution >= 0.6 is 12.4 Å². The van der Waals surface area contributed by atoms with Crippen LogP contribution in [0.2, 0.25) is 0 Å². The van der Waals surface area contributed by atoms with Gasteiger partial charge in [0.1, 0.15) is 0 Å². The Hall–Kier alpha value is 0.250. The highest BCUT2D eigenvalue weighted by Crippen LogP contribution is 2.28. The molecule has 0 aromatic carbocycles. The average molecular weight is 218 g/mol. The van der Waals surface area contributed by atoms with Gasteiger partial charge >= 0.3 is 0 Å². The number of hydrogen-bond acceptors (Lipinski definition) is 1. The quantitative estimate of drug-likeness (QED) is 0.747.